The second-order valence-electron chi connectivity index (χ2n) is 2.84. The fourth-order valence-corrected chi connectivity index (χ4v) is 2.69. The number of carbonyl (C=O) groups is 1. The van der Waals surface area contributed by atoms with Crippen LogP contribution in [-0.2, 0) is 4.79 Å². The average molecular weight is 350 g/mol. The molecule has 0 aliphatic heterocycles. The molecule has 0 N–H and O–H groups in total. The quantitative estimate of drug-likeness (QED) is 0.798. The molecule has 0 fully saturated rings. The van der Waals surface area contributed by atoms with Crippen molar-refractivity contribution in [3.63, 3.8) is 0 Å². The number of hydrogen-bond acceptors (Lipinski definition) is 2. The number of hydrogen-bond donors (Lipinski definition) is 0. The summed E-state index contributed by atoms with van der Waals surface area (Å²) >= 11 is 8.25. The second-order valence-corrected chi connectivity index (χ2v) is 5.75. The highest BCUT2D eigenvalue weighted by Gasteiger charge is 1.99. The van der Waals surface area contributed by atoms with E-state index in [9.17, 15) is 4.79 Å². The van der Waals surface area contributed by atoms with Gasteiger partial charge in [0.25, 0.3) is 0 Å². The number of carbonyl (C=O) groups excluding carboxylic acids is 1. The lowest BCUT2D eigenvalue weighted by atomic mass is 10.2. The monoisotopic (exact) mass is 348 g/mol. The first-order valence-corrected chi connectivity index (χ1v) is 6.92. The molecule has 0 aliphatic carbocycles. The minimum atomic E-state index is 0.144. The molecule has 0 atom stereocenters. The van der Waals surface area contributed by atoms with Crippen LogP contribution in [-0.4, -0.2) is 10.9 Å². The topological polar surface area (TPSA) is 17.1 Å². The zero-order chi connectivity index (χ0) is 11.3. The molecule has 0 bridgehead atoms. The maximum absolute atomic E-state index is 10.7. The van der Waals surface area contributed by atoms with E-state index in [1.165, 1.54) is 11.8 Å². The average Bonchev–Trinajstić information content (AvgIpc) is 2.15. The van der Waals surface area contributed by atoms with E-state index in [1.807, 2.05) is 30.4 Å². The highest BCUT2D eigenvalue weighted by Crippen LogP contribution is 2.26. The van der Waals surface area contributed by atoms with Gasteiger partial charge in [-0.1, -0.05) is 61.8 Å². The summed E-state index contributed by atoms with van der Waals surface area (Å²) in [5, 5.41) is 0.144. The van der Waals surface area contributed by atoms with Gasteiger partial charge in [-0.15, -0.1) is 0 Å². The SMILES string of the molecule is CC(=O)SCC=Cc1c(Br)cccc1Br. The lowest BCUT2D eigenvalue weighted by Crippen LogP contribution is -1.82. The van der Waals surface area contributed by atoms with Crippen LogP contribution >= 0.6 is 43.6 Å². The lowest BCUT2D eigenvalue weighted by molar-refractivity contribution is -0.109. The Labute approximate surface area is 111 Å². The summed E-state index contributed by atoms with van der Waals surface area (Å²) in [5.41, 5.74) is 1.10. The zero-order valence-electron chi connectivity index (χ0n) is 8.17. The van der Waals surface area contributed by atoms with Crippen LogP contribution in [0.25, 0.3) is 6.08 Å². The summed E-state index contributed by atoms with van der Waals surface area (Å²) in [6.07, 6.45) is 3.99. The summed E-state index contributed by atoms with van der Waals surface area (Å²) in [6.45, 7) is 1.58. The summed E-state index contributed by atoms with van der Waals surface area (Å²) in [5.74, 6) is 0.711. The van der Waals surface area contributed by atoms with Crippen LogP contribution in [0.5, 0.6) is 0 Å². The van der Waals surface area contributed by atoms with Gasteiger partial charge in [0.2, 0.25) is 0 Å². The van der Waals surface area contributed by atoms with Gasteiger partial charge in [0.05, 0.1) is 0 Å². The molecule has 0 spiro atoms. The maximum atomic E-state index is 10.7. The number of thioether (sulfide) groups is 1. The predicted molar refractivity (Wildman–Crippen MR) is 74.0 cm³/mol. The molecule has 15 heavy (non-hydrogen) atoms. The largest absolute Gasteiger partial charge is 0.288 e. The second kappa shape index (κ2) is 6.51. The molecule has 0 aliphatic rings. The van der Waals surface area contributed by atoms with E-state index >= 15 is 0 Å². The van der Waals surface area contributed by atoms with Gasteiger partial charge in [0.1, 0.15) is 0 Å². The minimum Gasteiger partial charge on any atom is -0.288 e. The van der Waals surface area contributed by atoms with Gasteiger partial charge >= 0.3 is 0 Å². The van der Waals surface area contributed by atoms with Gasteiger partial charge in [-0.2, -0.15) is 0 Å². The lowest BCUT2D eigenvalue weighted by Gasteiger charge is -2.00. The highest BCUT2D eigenvalue weighted by atomic mass is 79.9. The standard InChI is InChI=1S/C11H10Br2OS/c1-8(14)15-7-3-4-9-10(12)5-2-6-11(9)13/h2-6H,7H2,1H3. The van der Waals surface area contributed by atoms with E-state index in [-0.39, 0.29) is 5.12 Å². The van der Waals surface area contributed by atoms with Crippen molar-refractivity contribution in [2.75, 3.05) is 5.75 Å². The third-order valence-electron chi connectivity index (χ3n) is 1.67. The molecule has 0 aromatic heterocycles. The van der Waals surface area contributed by atoms with Crippen LogP contribution in [0.15, 0.2) is 33.2 Å². The molecule has 0 saturated heterocycles. The van der Waals surface area contributed by atoms with E-state index in [1.54, 1.807) is 6.92 Å². The van der Waals surface area contributed by atoms with Crippen molar-refractivity contribution in [2.24, 2.45) is 0 Å². The Hall–Kier alpha value is -0.0600. The first-order chi connectivity index (χ1) is 7.11. The van der Waals surface area contributed by atoms with Crippen LogP contribution in [0.4, 0.5) is 0 Å². The third-order valence-corrected chi connectivity index (χ3v) is 3.82. The van der Waals surface area contributed by atoms with E-state index in [0.717, 1.165) is 14.5 Å². The van der Waals surface area contributed by atoms with E-state index in [4.69, 9.17) is 0 Å². The molecule has 0 unspecified atom stereocenters. The fraction of sp³-hybridized carbons (Fsp3) is 0.182. The van der Waals surface area contributed by atoms with Crippen LogP contribution < -0.4 is 0 Å². The maximum Gasteiger partial charge on any atom is 0.186 e. The van der Waals surface area contributed by atoms with Gasteiger partial charge in [-0.25, -0.2) is 0 Å². The highest BCUT2D eigenvalue weighted by molar-refractivity contribution is 9.11. The molecule has 0 heterocycles. The molecule has 80 valence electrons. The van der Waals surface area contributed by atoms with Gasteiger partial charge in [0.15, 0.2) is 5.12 Å². The van der Waals surface area contributed by atoms with Crippen molar-refractivity contribution in [2.45, 2.75) is 6.92 Å². The molecule has 0 amide bonds. The Morgan fingerprint density at radius 3 is 2.53 bits per heavy atom. The predicted octanol–water partition coefficient (Wildman–Crippen LogP) is 4.50. The van der Waals surface area contributed by atoms with E-state index in [2.05, 4.69) is 31.9 Å². The molecule has 0 saturated carbocycles. The molecule has 0 radical (unpaired) electrons. The minimum absolute atomic E-state index is 0.144. The van der Waals surface area contributed by atoms with Crippen LogP contribution in [0, 0.1) is 0 Å². The van der Waals surface area contributed by atoms with Crippen molar-refractivity contribution < 1.29 is 4.79 Å². The molecule has 1 nitrogen and oxygen atoms in total. The summed E-state index contributed by atoms with van der Waals surface area (Å²) in [6, 6.07) is 5.95. The van der Waals surface area contributed by atoms with E-state index in [0.29, 0.717) is 5.75 Å². The van der Waals surface area contributed by atoms with Crippen molar-refractivity contribution in [3.05, 3.63) is 38.8 Å². The molecular weight excluding hydrogens is 340 g/mol. The Morgan fingerprint density at radius 2 is 2.00 bits per heavy atom. The van der Waals surface area contributed by atoms with E-state index < -0.39 is 0 Å². The Bertz CT molecular complexity index is 368. The Kier molecular flexibility index (Phi) is 5.64. The fourth-order valence-electron chi connectivity index (χ4n) is 1.00. The van der Waals surface area contributed by atoms with Gasteiger partial charge in [-0.05, 0) is 12.1 Å². The molecule has 1 aromatic carbocycles. The Morgan fingerprint density at radius 1 is 1.40 bits per heavy atom. The molecule has 4 heteroatoms. The Balaban J connectivity index is 2.67. The molecule has 1 aromatic rings. The summed E-state index contributed by atoms with van der Waals surface area (Å²) in [4.78, 5) is 10.7. The van der Waals surface area contributed by atoms with Crippen LogP contribution in [0.2, 0.25) is 0 Å². The van der Waals surface area contributed by atoms with Crippen molar-refractivity contribution in [3.8, 4) is 0 Å². The zero-order valence-corrected chi connectivity index (χ0v) is 12.2. The first-order valence-electron chi connectivity index (χ1n) is 4.35. The number of benzene rings is 1. The molecule has 1 rings (SSSR count). The number of halogens is 2. The van der Waals surface area contributed by atoms with Crippen molar-refractivity contribution in [1.82, 2.24) is 0 Å². The van der Waals surface area contributed by atoms with Crippen LogP contribution in [0.1, 0.15) is 12.5 Å². The van der Waals surface area contributed by atoms with Crippen molar-refractivity contribution in [1.29, 1.82) is 0 Å². The van der Waals surface area contributed by atoms with Gasteiger partial charge < -0.3 is 0 Å². The number of rotatable bonds is 3. The third kappa shape index (κ3) is 4.53. The molecular formula is C11H10Br2OS. The van der Waals surface area contributed by atoms with Gasteiger partial charge in [0, 0.05) is 27.2 Å². The summed E-state index contributed by atoms with van der Waals surface area (Å²) < 4.78 is 2.09. The normalized spacial score (nSPS) is 10.9. The van der Waals surface area contributed by atoms with Crippen LogP contribution in [0.3, 0.4) is 0 Å². The summed E-state index contributed by atoms with van der Waals surface area (Å²) in [7, 11) is 0. The smallest absolute Gasteiger partial charge is 0.186 e. The van der Waals surface area contributed by atoms with Crippen molar-refractivity contribution >= 4 is 54.8 Å². The first kappa shape index (κ1) is 13.0. The van der Waals surface area contributed by atoms with Gasteiger partial charge in [-0.3, -0.25) is 4.79 Å².